The number of carbonyl (C=O) groups is 1. The highest BCUT2D eigenvalue weighted by atomic mass is 79.9. The molecule has 2 rings (SSSR count). The van der Waals surface area contributed by atoms with Gasteiger partial charge in [0, 0.05) is 6.92 Å². The summed E-state index contributed by atoms with van der Waals surface area (Å²) in [6.45, 7) is 1.45. The first-order chi connectivity index (χ1) is 6.59. The molecule has 0 aliphatic heterocycles. The number of Topliss-reactive ketones (excluding diaryl/α,β-unsaturated/α-hetero) is 1. The zero-order chi connectivity index (χ0) is 10.3. The minimum atomic E-state index is -0.113. The second kappa shape index (κ2) is 3.33. The molecule has 14 heavy (non-hydrogen) atoms. The maximum atomic E-state index is 11.2. The van der Waals surface area contributed by atoms with Crippen molar-refractivity contribution in [2.24, 2.45) is 0 Å². The molecule has 72 valence electrons. The summed E-state index contributed by atoms with van der Waals surface area (Å²) in [6, 6.07) is 3.33. The topological polar surface area (TPSA) is 47.3 Å². The van der Waals surface area contributed by atoms with E-state index in [4.69, 9.17) is 11.6 Å². The van der Waals surface area contributed by atoms with Crippen LogP contribution in [0.3, 0.4) is 0 Å². The third-order valence-corrected chi connectivity index (χ3v) is 2.64. The molecule has 0 fully saturated rings. The van der Waals surface area contributed by atoms with Crippen LogP contribution in [-0.4, -0.2) is 20.4 Å². The van der Waals surface area contributed by atoms with Gasteiger partial charge >= 0.3 is 0 Å². The van der Waals surface area contributed by atoms with Gasteiger partial charge in [-0.05, 0) is 28.1 Å². The number of ketones is 1. The molecule has 0 atom stereocenters. The number of rotatable bonds is 1. The van der Waals surface area contributed by atoms with Crippen molar-refractivity contribution in [1.29, 1.82) is 0 Å². The van der Waals surface area contributed by atoms with E-state index in [0.717, 1.165) is 0 Å². The van der Waals surface area contributed by atoms with E-state index in [1.54, 1.807) is 12.1 Å². The quantitative estimate of drug-likeness (QED) is 0.750. The van der Waals surface area contributed by atoms with Crippen LogP contribution in [0.25, 0.3) is 5.65 Å². The van der Waals surface area contributed by atoms with E-state index in [1.807, 2.05) is 0 Å². The Morgan fingerprint density at radius 3 is 2.93 bits per heavy atom. The summed E-state index contributed by atoms with van der Waals surface area (Å²) in [6.07, 6.45) is 0. The van der Waals surface area contributed by atoms with Crippen molar-refractivity contribution in [2.45, 2.75) is 6.92 Å². The molecular weight excluding hydrogens is 269 g/mol. The molecule has 0 radical (unpaired) electrons. The van der Waals surface area contributed by atoms with Crippen molar-refractivity contribution in [3.05, 3.63) is 27.6 Å². The summed E-state index contributed by atoms with van der Waals surface area (Å²) in [5.74, 6) is -0.113. The minimum absolute atomic E-state index is 0.113. The number of aromatic nitrogens is 3. The number of halogens is 2. The van der Waals surface area contributed by atoms with Gasteiger partial charge in [0.15, 0.2) is 11.4 Å². The average Bonchev–Trinajstić information content (AvgIpc) is 2.44. The Balaban J connectivity index is 2.80. The fourth-order valence-corrected chi connectivity index (χ4v) is 1.88. The Kier molecular flexibility index (Phi) is 2.28. The summed E-state index contributed by atoms with van der Waals surface area (Å²) in [7, 11) is 0. The number of nitrogens with zero attached hydrogens (tertiary/aromatic N) is 3. The number of fused-ring (bicyclic) bond motifs is 1. The Hall–Kier alpha value is -0.940. The van der Waals surface area contributed by atoms with E-state index >= 15 is 0 Å². The maximum absolute atomic E-state index is 11.2. The molecule has 0 N–H and O–H groups in total. The van der Waals surface area contributed by atoms with Crippen molar-refractivity contribution >= 4 is 39.0 Å². The first-order valence-electron chi connectivity index (χ1n) is 3.81. The standard InChI is InChI=1S/C8H5BrClN3O/c1-4(14)7-8(9)13-6(11-7)3-2-5(10)12-13/h2-3H,1H3. The molecule has 0 aliphatic rings. The SMILES string of the molecule is CC(=O)c1nc2ccc(Cl)nn2c1Br. The van der Waals surface area contributed by atoms with Crippen LogP contribution in [0.1, 0.15) is 17.4 Å². The first kappa shape index (κ1) is 9.61. The Morgan fingerprint density at radius 1 is 1.57 bits per heavy atom. The van der Waals surface area contributed by atoms with Crippen molar-refractivity contribution in [3.63, 3.8) is 0 Å². The molecule has 6 heteroatoms. The van der Waals surface area contributed by atoms with Gasteiger partial charge in [0.1, 0.15) is 15.5 Å². The van der Waals surface area contributed by atoms with Crippen LogP contribution in [-0.2, 0) is 0 Å². The number of imidazole rings is 1. The lowest BCUT2D eigenvalue weighted by molar-refractivity contribution is 0.101. The summed E-state index contributed by atoms with van der Waals surface area (Å²) in [5, 5.41) is 4.35. The maximum Gasteiger partial charge on any atom is 0.180 e. The van der Waals surface area contributed by atoms with Gasteiger partial charge in [-0.3, -0.25) is 4.79 Å². The molecule has 0 amide bonds. The molecule has 2 heterocycles. The van der Waals surface area contributed by atoms with E-state index in [1.165, 1.54) is 11.4 Å². The monoisotopic (exact) mass is 273 g/mol. The van der Waals surface area contributed by atoms with Gasteiger partial charge < -0.3 is 0 Å². The lowest BCUT2D eigenvalue weighted by Crippen LogP contribution is -1.94. The molecule has 0 bridgehead atoms. The minimum Gasteiger partial charge on any atom is -0.293 e. The molecule has 0 spiro atoms. The van der Waals surface area contributed by atoms with Crippen LogP contribution in [0.15, 0.2) is 16.7 Å². The molecule has 0 unspecified atom stereocenters. The Bertz CT molecular complexity index is 523. The molecule has 0 aliphatic carbocycles. The van der Waals surface area contributed by atoms with Crippen LogP contribution in [0.2, 0.25) is 5.15 Å². The lowest BCUT2D eigenvalue weighted by Gasteiger charge is -1.93. The van der Waals surface area contributed by atoms with Gasteiger partial charge in [0.2, 0.25) is 0 Å². The molecule has 2 aromatic heterocycles. The lowest BCUT2D eigenvalue weighted by atomic mass is 10.3. The van der Waals surface area contributed by atoms with Gasteiger partial charge in [0.05, 0.1) is 0 Å². The highest BCUT2D eigenvalue weighted by Gasteiger charge is 2.14. The Labute approximate surface area is 93.0 Å². The Morgan fingerprint density at radius 2 is 2.29 bits per heavy atom. The molecule has 0 aromatic carbocycles. The first-order valence-corrected chi connectivity index (χ1v) is 4.98. The van der Waals surface area contributed by atoms with Gasteiger partial charge in [-0.2, -0.15) is 5.10 Å². The van der Waals surface area contributed by atoms with Crippen LogP contribution in [0, 0.1) is 0 Å². The second-order valence-corrected chi connectivity index (χ2v) is 3.87. The summed E-state index contributed by atoms with van der Waals surface area (Å²) in [5.41, 5.74) is 0.950. The molecular formula is C8H5BrClN3O. The average molecular weight is 275 g/mol. The third kappa shape index (κ3) is 1.42. The number of hydrogen-bond donors (Lipinski definition) is 0. The van der Waals surface area contributed by atoms with Crippen molar-refractivity contribution in [1.82, 2.24) is 14.6 Å². The van der Waals surface area contributed by atoms with Crippen LogP contribution in [0.4, 0.5) is 0 Å². The van der Waals surface area contributed by atoms with Crippen molar-refractivity contribution in [3.8, 4) is 0 Å². The molecule has 0 saturated heterocycles. The largest absolute Gasteiger partial charge is 0.293 e. The summed E-state index contributed by atoms with van der Waals surface area (Å²) in [4.78, 5) is 15.3. The van der Waals surface area contributed by atoms with E-state index < -0.39 is 0 Å². The van der Waals surface area contributed by atoms with Crippen molar-refractivity contribution < 1.29 is 4.79 Å². The molecule has 0 saturated carbocycles. The number of carbonyl (C=O) groups excluding carboxylic acids is 1. The smallest absolute Gasteiger partial charge is 0.180 e. The highest BCUT2D eigenvalue weighted by Crippen LogP contribution is 2.19. The normalized spacial score (nSPS) is 10.8. The number of hydrogen-bond acceptors (Lipinski definition) is 3. The van der Waals surface area contributed by atoms with Crippen molar-refractivity contribution in [2.75, 3.05) is 0 Å². The van der Waals surface area contributed by atoms with E-state index in [2.05, 4.69) is 26.0 Å². The zero-order valence-electron chi connectivity index (χ0n) is 7.16. The molecule has 4 nitrogen and oxygen atoms in total. The van der Waals surface area contributed by atoms with E-state index in [-0.39, 0.29) is 5.78 Å². The van der Waals surface area contributed by atoms with Gasteiger partial charge in [-0.1, -0.05) is 11.6 Å². The third-order valence-electron chi connectivity index (χ3n) is 1.72. The van der Waals surface area contributed by atoms with E-state index in [9.17, 15) is 4.79 Å². The van der Waals surface area contributed by atoms with Crippen LogP contribution in [0.5, 0.6) is 0 Å². The highest BCUT2D eigenvalue weighted by molar-refractivity contribution is 9.10. The summed E-state index contributed by atoms with van der Waals surface area (Å²) < 4.78 is 2.02. The zero-order valence-corrected chi connectivity index (χ0v) is 9.50. The van der Waals surface area contributed by atoms with Crippen LogP contribution < -0.4 is 0 Å². The van der Waals surface area contributed by atoms with Gasteiger partial charge in [-0.15, -0.1) is 0 Å². The predicted molar refractivity (Wildman–Crippen MR) is 55.7 cm³/mol. The summed E-state index contributed by atoms with van der Waals surface area (Å²) >= 11 is 8.96. The van der Waals surface area contributed by atoms with Gasteiger partial charge in [-0.25, -0.2) is 9.50 Å². The second-order valence-electron chi connectivity index (χ2n) is 2.73. The fraction of sp³-hybridized carbons (Fsp3) is 0.125. The van der Waals surface area contributed by atoms with Crippen LogP contribution >= 0.6 is 27.5 Å². The fourth-order valence-electron chi connectivity index (χ4n) is 1.11. The predicted octanol–water partition coefficient (Wildman–Crippen LogP) is 2.35. The van der Waals surface area contributed by atoms with Gasteiger partial charge in [0.25, 0.3) is 0 Å². The molecule has 2 aromatic rings. The van der Waals surface area contributed by atoms with E-state index in [0.29, 0.717) is 21.1 Å².